The van der Waals surface area contributed by atoms with Crippen LogP contribution in [-0.2, 0) is 9.31 Å². The van der Waals surface area contributed by atoms with Crippen LogP contribution in [0, 0.1) is 20.8 Å². The minimum absolute atomic E-state index is 0.390. The van der Waals surface area contributed by atoms with Gasteiger partial charge >= 0.3 is 7.12 Å². The molecule has 1 saturated heterocycles. The molecule has 4 rings (SSSR count). The fourth-order valence-corrected chi connectivity index (χ4v) is 4.39. The van der Waals surface area contributed by atoms with Gasteiger partial charge in [0.25, 0.3) is 0 Å². The summed E-state index contributed by atoms with van der Waals surface area (Å²) < 4.78 is 12.4. The van der Waals surface area contributed by atoms with Gasteiger partial charge in [0, 0.05) is 0 Å². The normalized spacial score (nSPS) is 17.3. The third kappa shape index (κ3) is 3.32. The Labute approximate surface area is 197 Å². The van der Waals surface area contributed by atoms with Gasteiger partial charge in [-0.3, -0.25) is 0 Å². The molecule has 7 heteroatoms. The molecule has 32 heavy (non-hydrogen) atoms. The lowest BCUT2D eigenvalue weighted by molar-refractivity contribution is 0.00578. The van der Waals surface area contributed by atoms with E-state index in [2.05, 4.69) is 12.1 Å². The fraction of sp³-hybridized carbons (Fsp3) is 0.360. The number of hydrogen-bond donors (Lipinski definition) is 0. The monoisotopic (exact) mass is 412 g/mol. The van der Waals surface area contributed by atoms with Crippen molar-refractivity contribution >= 4 is 76.6 Å². The molecule has 0 aliphatic carbocycles. The molecule has 0 unspecified atom stereocenters. The summed E-state index contributed by atoms with van der Waals surface area (Å²) in [5, 5.41) is 1.57. The van der Waals surface area contributed by atoms with E-state index < -0.39 is 18.3 Å². The number of fused-ring (bicyclic) bond motifs is 1. The van der Waals surface area contributed by atoms with Gasteiger partial charge in [-0.15, -0.1) is 5.46 Å². The molecule has 152 valence electrons. The van der Waals surface area contributed by atoms with Crippen LogP contribution in [0.5, 0.6) is 0 Å². The highest BCUT2D eigenvalue weighted by molar-refractivity contribution is 6.62. The van der Waals surface area contributed by atoms with Crippen molar-refractivity contribution in [3.8, 4) is 11.1 Å². The van der Waals surface area contributed by atoms with Crippen molar-refractivity contribution in [2.24, 2.45) is 0 Å². The van der Waals surface area contributed by atoms with E-state index >= 15 is 0 Å². The van der Waals surface area contributed by atoms with E-state index in [1.54, 1.807) is 0 Å². The largest absolute Gasteiger partial charge is 0.494 e. The molecule has 0 spiro atoms. The van der Waals surface area contributed by atoms with Gasteiger partial charge in [0.15, 0.2) is 0 Å². The van der Waals surface area contributed by atoms with Crippen molar-refractivity contribution in [1.82, 2.24) is 0 Å². The maximum absolute atomic E-state index is 6.53. The molecule has 0 N–H and O–H groups in total. The zero-order valence-corrected chi connectivity index (χ0v) is 20.0. The molecular weight excluding hydrogens is 386 g/mol. The van der Waals surface area contributed by atoms with Crippen LogP contribution in [-0.4, -0.2) is 49.7 Å². The van der Waals surface area contributed by atoms with Crippen LogP contribution in [0.1, 0.15) is 44.4 Å². The average molecular weight is 412 g/mol. The Bertz CT molecular complexity index is 1220. The fourth-order valence-electron chi connectivity index (χ4n) is 4.39. The minimum Gasteiger partial charge on any atom is -0.399 e. The van der Waals surface area contributed by atoms with Crippen LogP contribution >= 0.6 is 0 Å². The molecule has 3 aromatic carbocycles. The maximum atomic E-state index is 6.53. The van der Waals surface area contributed by atoms with Gasteiger partial charge in [0.2, 0.25) is 0 Å². The predicted molar refractivity (Wildman–Crippen MR) is 141 cm³/mol. The summed E-state index contributed by atoms with van der Waals surface area (Å²) in [5.41, 5.74) is 7.18. The molecule has 3 aromatic rings. The van der Waals surface area contributed by atoms with Gasteiger partial charge in [0.1, 0.15) is 31.4 Å². The van der Waals surface area contributed by atoms with Gasteiger partial charge in [-0.1, -0.05) is 51.8 Å². The number of hydrogen-bond acceptors (Lipinski definition) is 2. The summed E-state index contributed by atoms with van der Waals surface area (Å²) >= 11 is 0. The van der Waals surface area contributed by atoms with Gasteiger partial charge in [-0.05, 0) is 81.4 Å². The van der Waals surface area contributed by atoms with Gasteiger partial charge in [0.05, 0.1) is 11.2 Å². The second-order valence-corrected chi connectivity index (χ2v) is 9.86. The van der Waals surface area contributed by atoms with E-state index in [1.165, 1.54) is 0 Å². The van der Waals surface area contributed by atoms with Crippen molar-refractivity contribution in [2.45, 2.75) is 59.7 Å². The van der Waals surface area contributed by atoms with E-state index in [-0.39, 0.29) is 0 Å². The lowest BCUT2D eigenvalue weighted by Gasteiger charge is -2.32. The summed E-state index contributed by atoms with van der Waals surface area (Å²) in [7, 11) is 25.4. The van der Waals surface area contributed by atoms with Crippen molar-refractivity contribution in [3.63, 3.8) is 0 Å². The Morgan fingerprint density at radius 2 is 1.12 bits per heavy atom. The lowest BCUT2D eigenvalue weighted by Crippen LogP contribution is -2.41. The highest BCUT2D eigenvalue weighted by Gasteiger charge is 2.51. The first-order chi connectivity index (χ1) is 14.8. The minimum atomic E-state index is -0.418. The zero-order chi connectivity index (χ0) is 23.7. The number of benzene rings is 3. The summed E-state index contributed by atoms with van der Waals surface area (Å²) in [4.78, 5) is 0. The predicted octanol–water partition coefficient (Wildman–Crippen LogP) is 0.906. The third-order valence-electron chi connectivity index (χ3n) is 7.47. The quantitative estimate of drug-likeness (QED) is 0.584. The Kier molecular flexibility index (Phi) is 5.54. The van der Waals surface area contributed by atoms with E-state index in [0.29, 0.717) is 21.9 Å². The summed E-state index contributed by atoms with van der Waals surface area (Å²) in [6, 6.07) is 8.18. The summed E-state index contributed by atoms with van der Waals surface area (Å²) in [5.74, 6) is 0. The molecule has 0 amide bonds. The smallest absolute Gasteiger partial charge is 0.399 e. The number of rotatable bonds is 2. The van der Waals surface area contributed by atoms with E-state index in [0.717, 1.165) is 44.1 Å². The highest BCUT2D eigenvalue weighted by Crippen LogP contribution is 2.37. The molecule has 1 fully saturated rings. The molecule has 2 nitrogen and oxygen atoms in total. The molecule has 1 heterocycles. The van der Waals surface area contributed by atoms with Crippen molar-refractivity contribution < 1.29 is 9.31 Å². The maximum Gasteiger partial charge on any atom is 0.494 e. The van der Waals surface area contributed by atoms with Crippen molar-refractivity contribution in [3.05, 3.63) is 41.0 Å². The molecular formula is C25H25B5O2. The first kappa shape index (κ1) is 23.3. The summed E-state index contributed by atoms with van der Waals surface area (Å²) in [6.07, 6.45) is 0. The van der Waals surface area contributed by atoms with Crippen molar-refractivity contribution in [2.75, 3.05) is 0 Å². The van der Waals surface area contributed by atoms with Crippen LogP contribution in [0.4, 0.5) is 0 Å². The average Bonchev–Trinajstić information content (AvgIpc) is 2.96. The summed E-state index contributed by atoms with van der Waals surface area (Å²) in [6.45, 7) is 14.1. The van der Waals surface area contributed by atoms with E-state index in [1.807, 2.05) is 60.6 Å². The van der Waals surface area contributed by atoms with Crippen LogP contribution in [0.15, 0.2) is 24.3 Å². The molecule has 8 radical (unpaired) electrons. The lowest BCUT2D eigenvalue weighted by atomic mass is 9.65. The molecule has 0 saturated carbocycles. The Hall–Kier alpha value is -1.84. The zero-order valence-electron chi connectivity index (χ0n) is 20.0. The van der Waals surface area contributed by atoms with Crippen LogP contribution in [0.25, 0.3) is 21.9 Å². The molecule has 0 aromatic heterocycles. The van der Waals surface area contributed by atoms with Crippen molar-refractivity contribution in [1.29, 1.82) is 0 Å². The third-order valence-corrected chi connectivity index (χ3v) is 7.47. The van der Waals surface area contributed by atoms with E-state index in [9.17, 15) is 0 Å². The Morgan fingerprint density at radius 1 is 0.625 bits per heavy atom. The topological polar surface area (TPSA) is 18.5 Å². The molecule has 0 bridgehead atoms. The van der Waals surface area contributed by atoms with Gasteiger partial charge in [-0.2, -0.15) is 0 Å². The molecule has 0 atom stereocenters. The second kappa shape index (κ2) is 7.60. The molecule has 1 aliphatic rings. The van der Waals surface area contributed by atoms with Crippen LogP contribution < -0.4 is 27.3 Å². The molecule has 1 aliphatic heterocycles. The SMILES string of the molecule is [B]c1c(C)c([B])c2c([B])c(C)c(C)c(-c3ccc(B4OC(C)(C)C(C)(C)O4)cc3)c2c1[B]. The Morgan fingerprint density at radius 3 is 1.66 bits per heavy atom. The first-order valence-corrected chi connectivity index (χ1v) is 10.9. The van der Waals surface area contributed by atoms with Gasteiger partial charge in [-0.25, -0.2) is 0 Å². The van der Waals surface area contributed by atoms with Crippen LogP contribution in [0.3, 0.4) is 0 Å². The highest BCUT2D eigenvalue weighted by atomic mass is 16.7. The van der Waals surface area contributed by atoms with Crippen LogP contribution in [0.2, 0.25) is 0 Å². The Balaban J connectivity index is 1.90. The standard InChI is InChI=1S/C25H25B5O2/c1-12-13(2)20(26)19-18(23(29)22(28)14(3)21(19)27)17(12)15-8-10-16(11-9-15)30-31-24(4,5)25(6,7)32-30/h8-11H,1-7H3. The van der Waals surface area contributed by atoms with Gasteiger partial charge < -0.3 is 9.31 Å². The second-order valence-electron chi connectivity index (χ2n) is 9.86. The first-order valence-electron chi connectivity index (χ1n) is 10.9. The van der Waals surface area contributed by atoms with E-state index in [4.69, 9.17) is 40.7 Å².